The molecule has 0 spiro atoms. The summed E-state index contributed by atoms with van der Waals surface area (Å²) in [6.07, 6.45) is 2.80. The highest BCUT2D eigenvalue weighted by Gasteiger charge is 2.15. The first-order valence-electron chi connectivity index (χ1n) is 8.26. The van der Waals surface area contributed by atoms with Crippen LogP contribution in [0.2, 0.25) is 5.15 Å². The molecule has 0 bridgehead atoms. The summed E-state index contributed by atoms with van der Waals surface area (Å²) in [5.74, 6) is -0.769. The van der Waals surface area contributed by atoms with E-state index in [9.17, 15) is 19.3 Å². The van der Waals surface area contributed by atoms with Gasteiger partial charge in [0.2, 0.25) is 0 Å². The van der Waals surface area contributed by atoms with Gasteiger partial charge in [-0.15, -0.1) is 0 Å². The summed E-state index contributed by atoms with van der Waals surface area (Å²) in [6, 6.07) is 9.99. The van der Waals surface area contributed by atoms with Crippen LogP contribution < -0.4 is 0 Å². The van der Waals surface area contributed by atoms with Crippen LogP contribution in [-0.2, 0) is 0 Å². The van der Waals surface area contributed by atoms with Crippen molar-refractivity contribution in [3.05, 3.63) is 92.0 Å². The highest BCUT2D eigenvalue weighted by molar-refractivity contribution is 6.31. The van der Waals surface area contributed by atoms with Crippen molar-refractivity contribution in [1.29, 1.82) is 0 Å². The van der Waals surface area contributed by atoms with E-state index in [4.69, 9.17) is 11.6 Å². The second-order valence-corrected chi connectivity index (χ2v) is 6.49. The van der Waals surface area contributed by atoms with Gasteiger partial charge in [-0.1, -0.05) is 23.7 Å². The molecule has 6 nitrogen and oxygen atoms in total. The first-order valence-corrected chi connectivity index (χ1v) is 8.64. The van der Waals surface area contributed by atoms with Crippen molar-refractivity contribution < 1.29 is 14.1 Å². The molecule has 142 valence electrons. The van der Waals surface area contributed by atoms with Gasteiger partial charge in [0.05, 0.1) is 16.3 Å². The average molecular weight is 400 g/mol. The lowest BCUT2D eigenvalue weighted by Gasteiger charge is -2.02. The summed E-state index contributed by atoms with van der Waals surface area (Å²) in [7, 11) is 0. The molecule has 3 aromatic rings. The van der Waals surface area contributed by atoms with Crippen molar-refractivity contribution in [1.82, 2.24) is 9.78 Å². The van der Waals surface area contributed by atoms with Gasteiger partial charge in [-0.05, 0) is 50.3 Å². The predicted molar refractivity (Wildman–Crippen MR) is 104 cm³/mol. The van der Waals surface area contributed by atoms with E-state index < -0.39 is 10.7 Å². The SMILES string of the molecule is Cc1ccc(C(=O)/C=C/c2c(C)nn(-c3ccc(F)cc3)c2Cl)cc1[N+](=O)[O-]. The number of nitrogens with zero attached hydrogens (tertiary/aromatic N) is 3. The Bertz CT molecular complexity index is 1100. The van der Waals surface area contributed by atoms with Crippen molar-refractivity contribution in [2.75, 3.05) is 0 Å². The third-order valence-corrected chi connectivity index (χ3v) is 4.57. The maximum Gasteiger partial charge on any atom is 0.273 e. The molecule has 28 heavy (non-hydrogen) atoms. The van der Waals surface area contributed by atoms with E-state index in [1.807, 2.05) is 0 Å². The maximum atomic E-state index is 13.1. The monoisotopic (exact) mass is 399 g/mol. The zero-order valence-corrected chi connectivity index (χ0v) is 15.8. The molecule has 0 aliphatic heterocycles. The number of hydrogen-bond donors (Lipinski definition) is 0. The minimum absolute atomic E-state index is 0.113. The number of hydrogen-bond acceptors (Lipinski definition) is 4. The van der Waals surface area contributed by atoms with Gasteiger partial charge in [-0.25, -0.2) is 9.07 Å². The Balaban J connectivity index is 1.90. The van der Waals surface area contributed by atoms with E-state index in [1.54, 1.807) is 13.8 Å². The van der Waals surface area contributed by atoms with Gasteiger partial charge in [-0.2, -0.15) is 5.10 Å². The number of halogens is 2. The van der Waals surface area contributed by atoms with Crippen LogP contribution in [0, 0.1) is 29.8 Å². The second-order valence-electron chi connectivity index (χ2n) is 6.13. The molecule has 0 aliphatic carbocycles. The van der Waals surface area contributed by atoms with Crippen molar-refractivity contribution in [3.63, 3.8) is 0 Å². The Morgan fingerprint density at radius 1 is 1.21 bits per heavy atom. The molecule has 1 heterocycles. The first kappa shape index (κ1) is 19.4. The van der Waals surface area contributed by atoms with E-state index in [-0.39, 0.29) is 22.2 Å². The largest absolute Gasteiger partial charge is 0.289 e. The highest BCUT2D eigenvalue weighted by Crippen LogP contribution is 2.25. The second kappa shape index (κ2) is 7.74. The number of carbonyl (C=O) groups is 1. The quantitative estimate of drug-likeness (QED) is 0.259. The van der Waals surface area contributed by atoms with Crippen LogP contribution in [0.4, 0.5) is 10.1 Å². The van der Waals surface area contributed by atoms with Gasteiger partial charge in [0.15, 0.2) is 5.78 Å². The molecule has 0 radical (unpaired) electrons. The Morgan fingerprint density at radius 3 is 2.54 bits per heavy atom. The molecule has 2 aromatic carbocycles. The molecule has 0 fully saturated rings. The summed E-state index contributed by atoms with van der Waals surface area (Å²) in [4.78, 5) is 22.9. The maximum absolute atomic E-state index is 13.1. The van der Waals surface area contributed by atoms with E-state index in [0.717, 1.165) is 0 Å². The number of ketones is 1. The number of carbonyl (C=O) groups excluding carboxylic acids is 1. The smallest absolute Gasteiger partial charge is 0.273 e. The molecular formula is C20H15ClFN3O3. The van der Waals surface area contributed by atoms with Gasteiger partial charge in [0.1, 0.15) is 11.0 Å². The molecule has 3 rings (SSSR count). The zero-order valence-electron chi connectivity index (χ0n) is 15.0. The lowest BCUT2D eigenvalue weighted by atomic mass is 10.1. The Morgan fingerprint density at radius 2 is 1.89 bits per heavy atom. The third kappa shape index (κ3) is 3.84. The standard InChI is InChI=1S/C20H15ClFN3O3/c1-12-3-4-14(11-18(12)25(27)28)19(26)10-9-17-13(2)23-24(20(17)21)16-7-5-15(22)6-8-16/h3-11H,1-2H3/b10-9+. The molecule has 8 heteroatoms. The van der Waals surface area contributed by atoms with Crippen molar-refractivity contribution in [2.24, 2.45) is 0 Å². The molecule has 0 unspecified atom stereocenters. The number of nitro groups is 1. The number of aromatic nitrogens is 2. The minimum atomic E-state index is -0.524. The van der Waals surface area contributed by atoms with Gasteiger partial charge in [0.25, 0.3) is 5.69 Å². The number of benzene rings is 2. The predicted octanol–water partition coefficient (Wildman–Crippen LogP) is 5.09. The van der Waals surface area contributed by atoms with Crippen LogP contribution in [0.1, 0.15) is 27.2 Å². The van der Waals surface area contributed by atoms with Crippen molar-refractivity contribution in [3.8, 4) is 5.69 Å². The van der Waals surface area contributed by atoms with Crippen LogP contribution in [0.3, 0.4) is 0 Å². The highest BCUT2D eigenvalue weighted by atomic mass is 35.5. The topological polar surface area (TPSA) is 78.0 Å². The summed E-state index contributed by atoms with van der Waals surface area (Å²) in [5, 5.41) is 15.6. The van der Waals surface area contributed by atoms with Crippen molar-refractivity contribution >= 4 is 29.1 Å². The van der Waals surface area contributed by atoms with Crippen LogP contribution in [0.5, 0.6) is 0 Å². The number of rotatable bonds is 5. The van der Waals surface area contributed by atoms with Crippen LogP contribution in [0.15, 0.2) is 48.5 Å². The molecule has 0 N–H and O–H groups in total. The number of nitro benzene ring substituents is 1. The number of allylic oxidation sites excluding steroid dienone is 1. The van der Waals surface area contributed by atoms with Crippen LogP contribution >= 0.6 is 11.6 Å². The summed E-state index contributed by atoms with van der Waals surface area (Å²) >= 11 is 6.38. The summed E-state index contributed by atoms with van der Waals surface area (Å²) < 4.78 is 14.5. The summed E-state index contributed by atoms with van der Waals surface area (Å²) in [5.41, 5.74) is 2.25. The Kier molecular flexibility index (Phi) is 5.37. The molecule has 1 aromatic heterocycles. The normalized spacial score (nSPS) is 11.1. The first-order chi connectivity index (χ1) is 13.3. The molecule has 0 aliphatic rings. The lowest BCUT2D eigenvalue weighted by molar-refractivity contribution is -0.385. The van der Waals surface area contributed by atoms with E-state index in [1.165, 1.54) is 59.3 Å². The van der Waals surface area contributed by atoms with Crippen LogP contribution in [-0.4, -0.2) is 20.5 Å². The molecule has 0 atom stereocenters. The molecule has 0 saturated heterocycles. The fraction of sp³-hybridized carbons (Fsp3) is 0.100. The molecular weight excluding hydrogens is 385 g/mol. The fourth-order valence-corrected chi connectivity index (χ4v) is 3.00. The Labute approximate surface area is 165 Å². The molecule has 0 saturated carbocycles. The average Bonchev–Trinajstić information content (AvgIpc) is 2.94. The van der Waals surface area contributed by atoms with Gasteiger partial charge >= 0.3 is 0 Å². The summed E-state index contributed by atoms with van der Waals surface area (Å²) in [6.45, 7) is 3.34. The Hall–Kier alpha value is -3.32. The van der Waals surface area contributed by atoms with Gasteiger partial charge in [0, 0.05) is 22.8 Å². The fourth-order valence-electron chi connectivity index (χ4n) is 2.67. The van der Waals surface area contributed by atoms with E-state index in [0.29, 0.717) is 22.5 Å². The van der Waals surface area contributed by atoms with Gasteiger partial charge in [-0.3, -0.25) is 14.9 Å². The minimum Gasteiger partial charge on any atom is -0.289 e. The van der Waals surface area contributed by atoms with E-state index >= 15 is 0 Å². The zero-order chi connectivity index (χ0) is 20.4. The number of aryl methyl sites for hydroxylation is 2. The lowest BCUT2D eigenvalue weighted by Crippen LogP contribution is -1.98. The van der Waals surface area contributed by atoms with Gasteiger partial charge < -0.3 is 0 Å². The van der Waals surface area contributed by atoms with Crippen molar-refractivity contribution in [2.45, 2.75) is 13.8 Å². The molecule has 0 amide bonds. The van der Waals surface area contributed by atoms with E-state index in [2.05, 4.69) is 5.10 Å². The van der Waals surface area contributed by atoms with Crippen LogP contribution in [0.25, 0.3) is 11.8 Å². The third-order valence-electron chi connectivity index (χ3n) is 4.21.